The van der Waals surface area contributed by atoms with Crippen LogP contribution in [0.1, 0.15) is 37.2 Å². The molecule has 1 aromatic heterocycles. The summed E-state index contributed by atoms with van der Waals surface area (Å²) < 4.78 is 16.3. The van der Waals surface area contributed by atoms with E-state index in [2.05, 4.69) is 22.4 Å². The number of rotatable bonds is 2. The minimum Gasteiger partial charge on any atom is -0.378 e. The van der Waals surface area contributed by atoms with Crippen molar-refractivity contribution < 1.29 is 14.0 Å². The molecule has 0 amide bonds. The molecule has 0 aromatic carbocycles. The van der Waals surface area contributed by atoms with E-state index in [0.29, 0.717) is 24.2 Å². The first kappa shape index (κ1) is 11.1. The van der Waals surface area contributed by atoms with Crippen molar-refractivity contribution in [2.75, 3.05) is 26.4 Å². The summed E-state index contributed by atoms with van der Waals surface area (Å²) in [6.45, 7) is 5.08. The van der Waals surface area contributed by atoms with E-state index in [9.17, 15) is 0 Å². The zero-order chi connectivity index (χ0) is 11.7. The van der Waals surface area contributed by atoms with Crippen LogP contribution in [0, 0.1) is 5.92 Å². The van der Waals surface area contributed by atoms with Gasteiger partial charge < -0.3 is 19.3 Å². The normalized spacial score (nSPS) is 34.1. The third-order valence-electron chi connectivity index (χ3n) is 3.32. The maximum Gasteiger partial charge on any atom is 0.256 e. The minimum absolute atomic E-state index is 0.0398. The van der Waals surface area contributed by atoms with Gasteiger partial charge in [0.1, 0.15) is 6.10 Å². The number of ether oxygens (including phenoxy) is 2. The van der Waals surface area contributed by atoms with E-state index < -0.39 is 0 Å². The van der Waals surface area contributed by atoms with Crippen LogP contribution in [0.15, 0.2) is 4.52 Å². The summed E-state index contributed by atoms with van der Waals surface area (Å²) in [4.78, 5) is 4.42. The number of nitrogens with zero attached hydrogens (tertiary/aromatic N) is 2. The fraction of sp³-hybridized carbons (Fsp3) is 0.818. The third-order valence-corrected chi connectivity index (χ3v) is 3.32. The molecule has 3 unspecified atom stereocenters. The van der Waals surface area contributed by atoms with E-state index in [0.717, 1.165) is 26.2 Å². The average molecular weight is 239 g/mol. The van der Waals surface area contributed by atoms with Crippen LogP contribution in [0.2, 0.25) is 0 Å². The fourth-order valence-corrected chi connectivity index (χ4v) is 2.25. The molecule has 2 aliphatic heterocycles. The van der Waals surface area contributed by atoms with Gasteiger partial charge in [-0.2, -0.15) is 4.98 Å². The zero-order valence-electron chi connectivity index (χ0n) is 9.89. The van der Waals surface area contributed by atoms with E-state index in [-0.39, 0.29) is 12.1 Å². The smallest absolute Gasteiger partial charge is 0.256 e. The molecule has 6 heteroatoms. The van der Waals surface area contributed by atoms with E-state index in [4.69, 9.17) is 14.0 Å². The lowest BCUT2D eigenvalue weighted by atomic mass is 10.0. The first-order chi connectivity index (χ1) is 8.34. The average Bonchev–Trinajstić information content (AvgIpc) is 2.98. The number of aromatic nitrogens is 2. The molecule has 3 atom stereocenters. The summed E-state index contributed by atoms with van der Waals surface area (Å²) >= 11 is 0. The predicted octanol–water partition coefficient (Wildman–Crippen LogP) is 0.828. The minimum atomic E-state index is -0.0410. The van der Waals surface area contributed by atoms with Gasteiger partial charge in [0.25, 0.3) is 5.89 Å². The monoisotopic (exact) mass is 239 g/mol. The molecular weight excluding hydrogens is 222 g/mol. The standard InChI is InChI=1S/C11H17N3O3/c1-7-2-4-16-9(7)11-13-10(14-17-11)8-6-15-5-3-12-8/h7-9,12H,2-6H2,1H3. The Morgan fingerprint density at radius 3 is 3.00 bits per heavy atom. The van der Waals surface area contributed by atoms with E-state index in [1.165, 1.54) is 0 Å². The van der Waals surface area contributed by atoms with E-state index >= 15 is 0 Å². The van der Waals surface area contributed by atoms with Crippen molar-refractivity contribution in [2.45, 2.75) is 25.5 Å². The van der Waals surface area contributed by atoms with Crippen LogP contribution in [0.5, 0.6) is 0 Å². The summed E-state index contributed by atoms with van der Waals surface area (Å²) in [5.74, 6) is 1.71. The molecule has 1 aromatic rings. The molecule has 17 heavy (non-hydrogen) atoms. The highest BCUT2D eigenvalue weighted by molar-refractivity contribution is 4.99. The first-order valence-electron chi connectivity index (χ1n) is 6.11. The molecule has 1 N–H and O–H groups in total. The Morgan fingerprint density at radius 2 is 2.29 bits per heavy atom. The highest BCUT2D eigenvalue weighted by Crippen LogP contribution is 2.33. The van der Waals surface area contributed by atoms with Gasteiger partial charge in [0.2, 0.25) is 0 Å². The number of morpholine rings is 1. The molecule has 0 bridgehead atoms. The van der Waals surface area contributed by atoms with Gasteiger partial charge >= 0.3 is 0 Å². The zero-order valence-corrected chi connectivity index (χ0v) is 9.89. The molecule has 2 fully saturated rings. The van der Waals surface area contributed by atoms with Gasteiger partial charge in [-0.25, -0.2) is 0 Å². The maximum atomic E-state index is 5.60. The van der Waals surface area contributed by atoms with Crippen molar-refractivity contribution in [1.82, 2.24) is 15.5 Å². The second-order valence-corrected chi connectivity index (χ2v) is 4.63. The third kappa shape index (κ3) is 2.20. The van der Waals surface area contributed by atoms with Gasteiger partial charge in [0, 0.05) is 13.2 Å². The largest absolute Gasteiger partial charge is 0.378 e. The summed E-state index contributed by atoms with van der Waals surface area (Å²) in [7, 11) is 0. The Morgan fingerprint density at radius 1 is 1.35 bits per heavy atom. The summed E-state index contributed by atoms with van der Waals surface area (Å²) in [6, 6.07) is 0.0398. The van der Waals surface area contributed by atoms with Gasteiger partial charge in [-0.3, -0.25) is 0 Å². The second-order valence-electron chi connectivity index (χ2n) is 4.63. The van der Waals surface area contributed by atoms with Gasteiger partial charge in [-0.05, 0) is 12.3 Å². The highest BCUT2D eigenvalue weighted by Gasteiger charge is 2.32. The highest BCUT2D eigenvalue weighted by atomic mass is 16.5. The Kier molecular flexibility index (Phi) is 3.09. The number of hydrogen-bond donors (Lipinski definition) is 1. The molecule has 3 rings (SSSR count). The van der Waals surface area contributed by atoms with Crippen LogP contribution in [0.3, 0.4) is 0 Å². The van der Waals surface area contributed by atoms with Crippen molar-refractivity contribution in [2.24, 2.45) is 5.92 Å². The van der Waals surface area contributed by atoms with E-state index in [1.807, 2.05) is 0 Å². The Labute approximate surface area is 99.7 Å². The molecule has 6 nitrogen and oxygen atoms in total. The van der Waals surface area contributed by atoms with Gasteiger partial charge in [0.05, 0.1) is 19.3 Å². The van der Waals surface area contributed by atoms with E-state index in [1.54, 1.807) is 0 Å². The van der Waals surface area contributed by atoms with Crippen molar-refractivity contribution in [1.29, 1.82) is 0 Å². The summed E-state index contributed by atoms with van der Waals surface area (Å²) in [5.41, 5.74) is 0. The molecular formula is C11H17N3O3. The molecule has 2 saturated heterocycles. The summed E-state index contributed by atoms with van der Waals surface area (Å²) in [6.07, 6.45) is 1.01. The molecule has 0 radical (unpaired) electrons. The lowest BCUT2D eigenvalue weighted by Crippen LogP contribution is -2.35. The van der Waals surface area contributed by atoms with Crippen LogP contribution in [-0.2, 0) is 9.47 Å². The van der Waals surface area contributed by atoms with Gasteiger partial charge in [-0.15, -0.1) is 0 Å². The molecule has 0 spiro atoms. The van der Waals surface area contributed by atoms with Crippen LogP contribution in [-0.4, -0.2) is 36.5 Å². The van der Waals surface area contributed by atoms with Crippen molar-refractivity contribution >= 4 is 0 Å². The fourth-order valence-electron chi connectivity index (χ4n) is 2.25. The lowest BCUT2D eigenvalue weighted by molar-refractivity contribution is 0.0659. The SMILES string of the molecule is CC1CCOC1c1nc(C2COCCN2)no1. The number of nitrogens with one attached hydrogen (secondary N) is 1. The van der Waals surface area contributed by atoms with Crippen molar-refractivity contribution in [3.8, 4) is 0 Å². The lowest BCUT2D eigenvalue weighted by Gasteiger charge is -2.20. The predicted molar refractivity (Wildman–Crippen MR) is 58.3 cm³/mol. The molecule has 94 valence electrons. The Bertz CT molecular complexity index is 376. The molecule has 0 aliphatic carbocycles. The van der Waals surface area contributed by atoms with Crippen LogP contribution in [0.25, 0.3) is 0 Å². The quantitative estimate of drug-likeness (QED) is 0.824. The van der Waals surface area contributed by atoms with Crippen LogP contribution >= 0.6 is 0 Å². The summed E-state index contributed by atoms with van der Waals surface area (Å²) in [5, 5.41) is 7.31. The van der Waals surface area contributed by atoms with Crippen LogP contribution in [0.4, 0.5) is 0 Å². The van der Waals surface area contributed by atoms with Crippen LogP contribution < -0.4 is 5.32 Å². The first-order valence-corrected chi connectivity index (χ1v) is 6.11. The number of hydrogen-bond acceptors (Lipinski definition) is 6. The maximum absolute atomic E-state index is 5.60. The topological polar surface area (TPSA) is 69.4 Å². The molecule has 3 heterocycles. The van der Waals surface area contributed by atoms with Gasteiger partial charge in [0.15, 0.2) is 5.82 Å². The Balaban J connectivity index is 1.73. The second kappa shape index (κ2) is 4.72. The van der Waals surface area contributed by atoms with Crippen molar-refractivity contribution in [3.63, 3.8) is 0 Å². The molecule has 2 aliphatic rings. The molecule has 0 saturated carbocycles. The Hall–Kier alpha value is -0.980. The van der Waals surface area contributed by atoms with Crippen molar-refractivity contribution in [3.05, 3.63) is 11.7 Å². The van der Waals surface area contributed by atoms with Gasteiger partial charge in [-0.1, -0.05) is 12.1 Å².